The third-order valence-electron chi connectivity index (χ3n) is 2.70. The molecular formula is C13H16BrF2NO. The fourth-order valence-electron chi connectivity index (χ4n) is 1.74. The van der Waals surface area contributed by atoms with Gasteiger partial charge in [-0.1, -0.05) is 36.2 Å². The zero-order chi connectivity index (χ0) is 13.7. The van der Waals surface area contributed by atoms with E-state index in [0.29, 0.717) is 0 Å². The van der Waals surface area contributed by atoms with Crippen LogP contribution in [-0.4, -0.2) is 11.9 Å². The molecule has 0 aliphatic carbocycles. The Morgan fingerprint density at radius 1 is 1.33 bits per heavy atom. The van der Waals surface area contributed by atoms with E-state index in [1.807, 2.05) is 13.8 Å². The molecule has 0 radical (unpaired) electrons. The average molecular weight is 320 g/mol. The van der Waals surface area contributed by atoms with Gasteiger partial charge in [-0.25, -0.2) is 8.78 Å². The molecule has 1 unspecified atom stereocenters. The molecule has 0 aromatic heterocycles. The van der Waals surface area contributed by atoms with E-state index in [4.69, 9.17) is 0 Å². The Hall–Kier alpha value is -0.970. The van der Waals surface area contributed by atoms with E-state index in [-0.39, 0.29) is 10.5 Å². The Labute approximate surface area is 114 Å². The Morgan fingerprint density at radius 3 is 2.33 bits per heavy atom. The lowest BCUT2D eigenvalue weighted by Gasteiger charge is -2.16. The van der Waals surface area contributed by atoms with Gasteiger partial charge in [0.05, 0.1) is 0 Å². The van der Waals surface area contributed by atoms with E-state index >= 15 is 0 Å². The van der Waals surface area contributed by atoms with Gasteiger partial charge >= 0.3 is 0 Å². The van der Waals surface area contributed by atoms with Crippen molar-refractivity contribution in [3.8, 4) is 0 Å². The summed E-state index contributed by atoms with van der Waals surface area (Å²) in [5.74, 6) is -2.41. The fourth-order valence-corrected chi connectivity index (χ4v) is 2.15. The number of amides is 1. The third-order valence-corrected chi connectivity index (χ3v) is 3.16. The Bertz CT molecular complexity index is 414. The number of hydrogen-bond donors (Lipinski definition) is 1. The van der Waals surface area contributed by atoms with Gasteiger partial charge in [-0.15, -0.1) is 0 Å². The van der Waals surface area contributed by atoms with Crippen molar-refractivity contribution in [3.05, 3.63) is 33.8 Å². The molecule has 0 heterocycles. The summed E-state index contributed by atoms with van der Waals surface area (Å²) in [7, 11) is 0. The summed E-state index contributed by atoms with van der Waals surface area (Å²) in [6.07, 6.45) is 2.44. The topological polar surface area (TPSA) is 29.1 Å². The van der Waals surface area contributed by atoms with Crippen LogP contribution in [-0.2, 0) is 0 Å². The zero-order valence-electron chi connectivity index (χ0n) is 10.4. The molecule has 2 nitrogen and oxygen atoms in total. The maximum Gasteiger partial charge on any atom is 0.257 e. The molecule has 18 heavy (non-hydrogen) atoms. The average Bonchev–Trinajstić information content (AvgIpc) is 2.26. The smallest absolute Gasteiger partial charge is 0.257 e. The van der Waals surface area contributed by atoms with Crippen molar-refractivity contribution in [1.82, 2.24) is 5.32 Å². The van der Waals surface area contributed by atoms with E-state index in [2.05, 4.69) is 21.2 Å². The molecule has 0 saturated heterocycles. The quantitative estimate of drug-likeness (QED) is 0.872. The molecule has 0 spiro atoms. The highest BCUT2D eigenvalue weighted by atomic mass is 79.9. The van der Waals surface area contributed by atoms with E-state index < -0.39 is 23.1 Å². The number of carbonyl (C=O) groups is 1. The van der Waals surface area contributed by atoms with Crippen LogP contribution in [0.15, 0.2) is 16.6 Å². The minimum atomic E-state index is -0.856. The van der Waals surface area contributed by atoms with Gasteiger partial charge in [-0.2, -0.15) is 0 Å². The predicted octanol–water partition coefficient (Wildman–Crippen LogP) is 4.04. The minimum Gasteiger partial charge on any atom is -0.349 e. The summed E-state index contributed by atoms with van der Waals surface area (Å²) in [5, 5.41) is 2.65. The van der Waals surface area contributed by atoms with Gasteiger partial charge in [0.25, 0.3) is 5.91 Å². The van der Waals surface area contributed by atoms with E-state index in [9.17, 15) is 13.6 Å². The number of carbonyl (C=O) groups excluding carboxylic acids is 1. The van der Waals surface area contributed by atoms with Crippen LogP contribution >= 0.6 is 15.9 Å². The van der Waals surface area contributed by atoms with Crippen LogP contribution in [0.25, 0.3) is 0 Å². The third kappa shape index (κ3) is 3.77. The molecule has 0 aliphatic heterocycles. The van der Waals surface area contributed by atoms with Crippen molar-refractivity contribution in [3.63, 3.8) is 0 Å². The molecule has 1 amide bonds. The molecule has 1 aromatic carbocycles. The number of nitrogens with one attached hydrogen (secondary N) is 1. The summed E-state index contributed by atoms with van der Waals surface area (Å²) in [4.78, 5) is 11.8. The maximum atomic E-state index is 13.6. The molecule has 0 fully saturated rings. The number of halogens is 3. The van der Waals surface area contributed by atoms with E-state index in [0.717, 1.165) is 31.4 Å². The fraction of sp³-hybridized carbons (Fsp3) is 0.462. The lowest BCUT2D eigenvalue weighted by molar-refractivity contribution is 0.0925. The first-order valence-electron chi connectivity index (χ1n) is 5.95. The summed E-state index contributed by atoms with van der Waals surface area (Å²) in [5.41, 5.74) is -0.521. The lowest BCUT2D eigenvalue weighted by Crippen LogP contribution is -2.35. The second-order valence-electron chi connectivity index (χ2n) is 4.11. The molecule has 5 heteroatoms. The molecule has 0 bridgehead atoms. The molecule has 1 atom stereocenters. The first-order chi connectivity index (χ1) is 8.49. The van der Waals surface area contributed by atoms with Crippen LogP contribution in [0, 0.1) is 11.6 Å². The summed E-state index contributed by atoms with van der Waals surface area (Å²) >= 11 is 2.97. The second kappa shape index (κ2) is 6.83. The first kappa shape index (κ1) is 15.1. The van der Waals surface area contributed by atoms with Crippen molar-refractivity contribution in [1.29, 1.82) is 0 Å². The zero-order valence-corrected chi connectivity index (χ0v) is 12.0. The van der Waals surface area contributed by atoms with E-state index in [1.165, 1.54) is 0 Å². The largest absolute Gasteiger partial charge is 0.349 e. The highest BCUT2D eigenvalue weighted by Gasteiger charge is 2.20. The van der Waals surface area contributed by atoms with Gasteiger partial charge in [-0.05, 0) is 25.0 Å². The van der Waals surface area contributed by atoms with Crippen molar-refractivity contribution < 1.29 is 13.6 Å². The highest BCUT2D eigenvalue weighted by molar-refractivity contribution is 9.10. The predicted molar refractivity (Wildman–Crippen MR) is 70.5 cm³/mol. The molecule has 0 saturated carbocycles. The van der Waals surface area contributed by atoms with Crippen LogP contribution in [0.2, 0.25) is 0 Å². The van der Waals surface area contributed by atoms with Crippen molar-refractivity contribution in [2.24, 2.45) is 0 Å². The van der Waals surface area contributed by atoms with Gasteiger partial charge in [0, 0.05) is 10.5 Å². The Kier molecular flexibility index (Phi) is 5.72. The van der Waals surface area contributed by atoms with Crippen molar-refractivity contribution in [2.75, 3.05) is 0 Å². The highest BCUT2D eigenvalue weighted by Crippen LogP contribution is 2.19. The summed E-state index contributed by atoms with van der Waals surface area (Å²) in [6.45, 7) is 3.92. The molecule has 1 rings (SSSR count). The Balaban J connectivity index is 2.90. The van der Waals surface area contributed by atoms with Crippen LogP contribution in [0.4, 0.5) is 8.78 Å². The second-order valence-corrected chi connectivity index (χ2v) is 5.03. The minimum absolute atomic E-state index is 0.0510. The lowest BCUT2D eigenvalue weighted by atomic mass is 10.1. The van der Waals surface area contributed by atoms with Gasteiger partial charge in [0.15, 0.2) is 0 Å². The molecule has 0 aliphatic rings. The maximum absolute atomic E-state index is 13.6. The normalized spacial score (nSPS) is 12.3. The van der Waals surface area contributed by atoms with Gasteiger partial charge in [0.1, 0.15) is 17.2 Å². The van der Waals surface area contributed by atoms with E-state index in [1.54, 1.807) is 0 Å². The summed E-state index contributed by atoms with van der Waals surface area (Å²) < 4.78 is 27.4. The van der Waals surface area contributed by atoms with Gasteiger partial charge in [0.2, 0.25) is 0 Å². The van der Waals surface area contributed by atoms with Gasteiger partial charge in [-0.3, -0.25) is 4.79 Å². The SMILES string of the molecule is CCCC(CC)NC(=O)c1c(F)cc(Br)cc1F. The van der Waals surface area contributed by atoms with Crippen LogP contribution in [0.1, 0.15) is 43.5 Å². The first-order valence-corrected chi connectivity index (χ1v) is 6.74. The van der Waals surface area contributed by atoms with Crippen molar-refractivity contribution in [2.45, 2.75) is 39.2 Å². The molecule has 1 N–H and O–H groups in total. The number of rotatable bonds is 5. The number of benzene rings is 1. The molecule has 1 aromatic rings. The van der Waals surface area contributed by atoms with Crippen LogP contribution < -0.4 is 5.32 Å². The summed E-state index contributed by atoms with van der Waals surface area (Å²) in [6, 6.07) is 2.11. The van der Waals surface area contributed by atoms with Crippen LogP contribution in [0.5, 0.6) is 0 Å². The molecule has 100 valence electrons. The van der Waals surface area contributed by atoms with Crippen LogP contribution in [0.3, 0.4) is 0 Å². The van der Waals surface area contributed by atoms with Crippen molar-refractivity contribution >= 4 is 21.8 Å². The van der Waals surface area contributed by atoms with Gasteiger partial charge < -0.3 is 5.32 Å². The Morgan fingerprint density at radius 2 is 1.89 bits per heavy atom. The monoisotopic (exact) mass is 319 g/mol. The molecular weight excluding hydrogens is 304 g/mol. The number of hydrogen-bond acceptors (Lipinski definition) is 1. The standard InChI is InChI=1S/C13H16BrF2NO/c1-3-5-9(4-2)17-13(18)12-10(15)6-8(14)7-11(12)16/h6-7,9H,3-5H2,1-2H3,(H,17,18).